The molecule has 0 radical (unpaired) electrons. The van der Waals surface area contributed by atoms with Gasteiger partial charge in [0.05, 0.1) is 11.5 Å². The van der Waals surface area contributed by atoms with Crippen molar-refractivity contribution in [3.8, 4) is 0 Å². The van der Waals surface area contributed by atoms with E-state index in [4.69, 9.17) is 16.1 Å². The third-order valence-corrected chi connectivity index (χ3v) is 3.33. The van der Waals surface area contributed by atoms with Gasteiger partial charge in [-0.25, -0.2) is 0 Å². The quantitative estimate of drug-likeness (QED) is 0.651. The van der Waals surface area contributed by atoms with Gasteiger partial charge in [-0.2, -0.15) is 0 Å². The molecule has 0 unspecified atom stereocenters. The number of nitrogens with one attached hydrogen (secondary N) is 1. The van der Waals surface area contributed by atoms with Crippen molar-refractivity contribution >= 4 is 34.9 Å². The SMILES string of the molecule is Cc1cc(NC(=O)CN(C)C(=O)c2ccc(Cl)c([N+](=O)[O-])c2)no1. The number of aryl methyl sites for hydroxylation is 1. The second kappa shape index (κ2) is 7.09. The molecule has 2 aromatic rings. The van der Waals surface area contributed by atoms with Gasteiger partial charge in [0.15, 0.2) is 5.82 Å². The summed E-state index contributed by atoms with van der Waals surface area (Å²) in [4.78, 5) is 35.5. The molecule has 0 fully saturated rings. The van der Waals surface area contributed by atoms with Gasteiger partial charge in [0.2, 0.25) is 5.91 Å². The van der Waals surface area contributed by atoms with Gasteiger partial charge in [-0.05, 0) is 19.1 Å². The predicted molar refractivity (Wildman–Crippen MR) is 84.9 cm³/mol. The average molecular weight is 353 g/mol. The monoisotopic (exact) mass is 352 g/mol. The molecule has 1 N–H and O–H groups in total. The number of aromatic nitrogens is 1. The van der Waals surface area contributed by atoms with E-state index < -0.39 is 16.7 Å². The minimum absolute atomic E-state index is 0.0543. The van der Waals surface area contributed by atoms with Gasteiger partial charge in [0.25, 0.3) is 11.6 Å². The molecule has 0 atom stereocenters. The molecule has 0 saturated carbocycles. The number of nitro benzene ring substituents is 1. The van der Waals surface area contributed by atoms with Crippen LogP contribution in [0.5, 0.6) is 0 Å². The molecule has 1 aromatic heterocycles. The van der Waals surface area contributed by atoms with Crippen LogP contribution in [0.25, 0.3) is 0 Å². The fourth-order valence-electron chi connectivity index (χ4n) is 1.90. The number of benzene rings is 1. The van der Waals surface area contributed by atoms with Crippen LogP contribution >= 0.6 is 11.6 Å². The molecule has 1 heterocycles. The van der Waals surface area contributed by atoms with Crippen molar-refractivity contribution in [2.75, 3.05) is 18.9 Å². The number of carbonyl (C=O) groups excluding carboxylic acids is 2. The Hall–Kier alpha value is -2.94. The fourth-order valence-corrected chi connectivity index (χ4v) is 2.09. The summed E-state index contributed by atoms with van der Waals surface area (Å²) >= 11 is 5.71. The summed E-state index contributed by atoms with van der Waals surface area (Å²) in [6.45, 7) is 1.41. The van der Waals surface area contributed by atoms with Crippen LogP contribution in [0.15, 0.2) is 28.8 Å². The molecule has 1 aromatic carbocycles. The highest BCUT2D eigenvalue weighted by Gasteiger charge is 2.20. The van der Waals surface area contributed by atoms with E-state index in [0.717, 1.165) is 11.0 Å². The molecule has 10 heteroatoms. The van der Waals surface area contributed by atoms with E-state index in [9.17, 15) is 19.7 Å². The molecule has 24 heavy (non-hydrogen) atoms. The summed E-state index contributed by atoms with van der Waals surface area (Å²) in [6.07, 6.45) is 0. The number of nitro groups is 1. The molecular weight excluding hydrogens is 340 g/mol. The molecule has 126 valence electrons. The number of hydrogen-bond donors (Lipinski definition) is 1. The van der Waals surface area contributed by atoms with E-state index in [1.54, 1.807) is 6.92 Å². The van der Waals surface area contributed by atoms with E-state index in [1.807, 2.05) is 0 Å². The molecule has 0 saturated heterocycles. The van der Waals surface area contributed by atoms with Crippen LogP contribution in [0.2, 0.25) is 5.02 Å². The summed E-state index contributed by atoms with van der Waals surface area (Å²) in [7, 11) is 1.40. The highest BCUT2D eigenvalue weighted by molar-refractivity contribution is 6.32. The normalized spacial score (nSPS) is 10.3. The number of anilines is 1. The van der Waals surface area contributed by atoms with Crippen LogP contribution in [0.1, 0.15) is 16.1 Å². The van der Waals surface area contributed by atoms with Crippen molar-refractivity contribution in [3.63, 3.8) is 0 Å². The van der Waals surface area contributed by atoms with E-state index in [2.05, 4.69) is 10.5 Å². The first-order valence-corrected chi connectivity index (χ1v) is 7.08. The van der Waals surface area contributed by atoms with E-state index in [1.165, 1.54) is 25.2 Å². The van der Waals surface area contributed by atoms with Crippen molar-refractivity contribution < 1.29 is 19.0 Å². The minimum Gasteiger partial charge on any atom is -0.360 e. The highest BCUT2D eigenvalue weighted by atomic mass is 35.5. The number of likely N-dealkylation sites (N-methyl/N-ethyl adjacent to an activating group) is 1. The second-order valence-corrected chi connectivity index (χ2v) is 5.36. The molecule has 0 aliphatic rings. The van der Waals surface area contributed by atoms with E-state index in [-0.39, 0.29) is 28.6 Å². The lowest BCUT2D eigenvalue weighted by Crippen LogP contribution is -2.35. The molecule has 9 nitrogen and oxygen atoms in total. The van der Waals surface area contributed by atoms with E-state index >= 15 is 0 Å². The van der Waals surface area contributed by atoms with Crippen LogP contribution in [-0.4, -0.2) is 40.4 Å². The van der Waals surface area contributed by atoms with Crippen molar-refractivity contribution in [3.05, 3.63) is 50.7 Å². The lowest BCUT2D eigenvalue weighted by atomic mass is 10.2. The predicted octanol–water partition coefficient (Wildman–Crippen LogP) is 2.26. The lowest BCUT2D eigenvalue weighted by molar-refractivity contribution is -0.384. The first-order chi connectivity index (χ1) is 11.3. The zero-order chi connectivity index (χ0) is 17.9. The Morgan fingerprint density at radius 3 is 2.71 bits per heavy atom. The van der Waals surface area contributed by atoms with Crippen LogP contribution in [0.3, 0.4) is 0 Å². The standard InChI is InChI=1S/C14H13ClN4O5/c1-8-5-12(17-24-8)16-13(20)7-18(2)14(21)9-3-4-10(15)11(6-9)19(22)23/h3-6H,7H2,1-2H3,(H,16,17,20). The lowest BCUT2D eigenvalue weighted by Gasteiger charge is -2.16. The van der Waals surface area contributed by atoms with Crippen LogP contribution in [0.4, 0.5) is 11.5 Å². The highest BCUT2D eigenvalue weighted by Crippen LogP contribution is 2.25. The molecule has 2 amide bonds. The Morgan fingerprint density at radius 1 is 1.42 bits per heavy atom. The molecule has 2 rings (SSSR count). The number of carbonyl (C=O) groups is 2. The maximum atomic E-state index is 12.3. The van der Waals surface area contributed by atoms with Gasteiger partial charge in [0.1, 0.15) is 10.8 Å². The van der Waals surface area contributed by atoms with Crippen molar-refractivity contribution in [2.45, 2.75) is 6.92 Å². The Morgan fingerprint density at radius 2 is 2.12 bits per heavy atom. The number of hydrogen-bond acceptors (Lipinski definition) is 6. The average Bonchev–Trinajstić information content (AvgIpc) is 2.91. The Balaban J connectivity index is 2.05. The maximum absolute atomic E-state index is 12.3. The van der Waals surface area contributed by atoms with Gasteiger partial charge >= 0.3 is 0 Å². The van der Waals surface area contributed by atoms with Gasteiger partial charge in [0, 0.05) is 24.7 Å². The Kier molecular flexibility index (Phi) is 5.14. The molecule has 0 spiro atoms. The van der Waals surface area contributed by atoms with Crippen molar-refractivity contribution in [1.82, 2.24) is 10.1 Å². The summed E-state index contributed by atoms with van der Waals surface area (Å²) in [6, 6.07) is 5.22. The van der Waals surface area contributed by atoms with Gasteiger partial charge in [-0.3, -0.25) is 19.7 Å². The first kappa shape index (κ1) is 17.4. The van der Waals surface area contributed by atoms with E-state index in [0.29, 0.717) is 5.76 Å². The van der Waals surface area contributed by atoms with Gasteiger partial charge in [-0.15, -0.1) is 0 Å². The molecule has 0 aliphatic carbocycles. The van der Waals surface area contributed by atoms with Crippen LogP contribution < -0.4 is 5.32 Å². The van der Waals surface area contributed by atoms with Crippen molar-refractivity contribution in [1.29, 1.82) is 0 Å². The molecule has 0 aliphatic heterocycles. The Labute approximate surface area is 141 Å². The number of rotatable bonds is 5. The first-order valence-electron chi connectivity index (χ1n) is 6.70. The third kappa shape index (κ3) is 4.07. The summed E-state index contributed by atoms with van der Waals surface area (Å²) in [5, 5.41) is 16.9. The van der Waals surface area contributed by atoms with Crippen molar-refractivity contribution in [2.24, 2.45) is 0 Å². The smallest absolute Gasteiger partial charge is 0.288 e. The molecular formula is C14H13ClN4O5. The summed E-state index contributed by atoms with van der Waals surface area (Å²) in [5.41, 5.74) is -0.322. The number of nitrogens with zero attached hydrogens (tertiary/aromatic N) is 3. The minimum atomic E-state index is -0.682. The zero-order valence-electron chi connectivity index (χ0n) is 12.8. The Bertz CT molecular complexity index is 804. The zero-order valence-corrected chi connectivity index (χ0v) is 13.5. The van der Waals surface area contributed by atoms with Gasteiger partial charge < -0.3 is 14.7 Å². The topological polar surface area (TPSA) is 119 Å². The summed E-state index contributed by atoms with van der Waals surface area (Å²) < 4.78 is 4.81. The van der Waals surface area contributed by atoms with Crippen LogP contribution in [-0.2, 0) is 4.79 Å². The maximum Gasteiger partial charge on any atom is 0.288 e. The van der Waals surface area contributed by atoms with Gasteiger partial charge in [-0.1, -0.05) is 16.8 Å². The van der Waals surface area contributed by atoms with Crippen LogP contribution in [0, 0.1) is 17.0 Å². The fraction of sp³-hybridized carbons (Fsp3) is 0.214. The third-order valence-electron chi connectivity index (χ3n) is 3.01. The number of amides is 2. The largest absolute Gasteiger partial charge is 0.360 e. The molecule has 0 bridgehead atoms. The second-order valence-electron chi connectivity index (χ2n) is 4.96. The summed E-state index contributed by atoms with van der Waals surface area (Å²) in [5.74, 6) is -0.271. The number of halogens is 1.